The Hall–Kier alpha value is -2.31. The number of carbonyl (C=O) groups is 2. The van der Waals surface area contributed by atoms with E-state index in [0.29, 0.717) is 18.1 Å². The number of hydrogen-bond donors (Lipinski definition) is 2. The topological polar surface area (TPSA) is 112 Å². The van der Waals surface area contributed by atoms with Crippen LogP contribution in [-0.2, 0) is 9.53 Å². The lowest BCUT2D eigenvalue weighted by atomic mass is 9.93. The van der Waals surface area contributed by atoms with Gasteiger partial charge in [-0.15, -0.1) is 0 Å². The number of nitrogens with zero attached hydrogens (tertiary/aromatic N) is 2. The monoisotopic (exact) mass is 292 g/mol. The van der Waals surface area contributed by atoms with E-state index in [4.69, 9.17) is 11.5 Å². The summed E-state index contributed by atoms with van der Waals surface area (Å²) in [7, 11) is 1.30. The van der Waals surface area contributed by atoms with Gasteiger partial charge in [0, 0.05) is 12.6 Å². The summed E-state index contributed by atoms with van der Waals surface area (Å²) in [4.78, 5) is 29.2. The number of primary amides is 1. The minimum absolute atomic E-state index is 0.170. The van der Waals surface area contributed by atoms with Crippen molar-refractivity contribution in [3.8, 4) is 0 Å². The maximum atomic E-state index is 11.6. The smallest absolute Gasteiger partial charge is 0.356 e. The molecule has 2 atom stereocenters. The van der Waals surface area contributed by atoms with Crippen LogP contribution in [0.25, 0.3) is 0 Å². The molecule has 1 aliphatic rings. The molecule has 1 aliphatic heterocycles. The largest absolute Gasteiger partial charge is 0.464 e. The van der Waals surface area contributed by atoms with Crippen LogP contribution in [0.4, 0.5) is 11.5 Å². The van der Waals surface area contributed by atoms with Crippen LogP contribution in [0.3, 0.4) is 0 Å². The standard InChI is InChI=1S/C14H20N4O3/c1-8-3-4-9(12(16)19)7-18(8)13-10(15)5-6-11(17-13)14(20)21-2/h5-6,8-9H,3-4,7,15H2,1-2H3,(H2,16,19). The summed E-state index contributed by atoms with van der Waals surface area (Å²) < 4.78 is 4.67. The highest BCUT2D eigenvalue weighted by Crippen LogP contribution is 2.30. The molecule has 0 spiro atoms. The molecule has 1 aromatic rings. The van der Waals surface area contributed by atoms with E-state index in [0.717, 1.165) is 12.8 Å². The highest BCUT2D eigenvalue weighted by molar-refractivity contribution is 5.88. The molecule has 7 heteroatoms. The molecule has 4 N–H and O–H groups in total. The molecule has 0 saturated carbocycles. The van der Waals surface area contributed by atoms with Crippen molar-refractivity contribution in [2.75, 3.05) is 24.3 Å². The van der Waals surface area contributed by atoms with Gasteiger partial charge in [-0.1, -0.05) is 0 Å². The van der Waals surface area contributed by atoms with Crippen LogP contribution < -0.4 is 16.4 Å². The summed E-state index contributed by atoms with van der Waals surface area (Å²) in [5, 5.41) is 0. The normalized spacial score (nSPS) is 21.9. The number of ether oxygens (including phenoxy) is 1. The quantitative estimate of drug-likeness (QED) is 0.786. The first-order valence-electron chi connectivity index (χ1n) is 6.84. The number of methoxy groups -OCH3 is 1. The third-order valence-electron chi connectivity index (χ3n) is 3.86. The maximum Gasteiger partial charge on any atom is 0.356 e. The molecule has 2 rings (SSSR count). The molecule has 1 fully saturated rings. The highest BCUT2D eigenvalue weighted by Gasteiger charge is 2.30. The summed E-state index contributed by atoms with van der Waals surface area (Å²) in [6.07, 6.45) is 1.57. The van der Waals surface area contributed by atoms with Gasteiger partial charge in [0.25, 0.3) is 0 Å². The van der Waals surface area contributed by atoms with Gasteiger partial charge in [-0.05, 0) is 31.9 Å². The molecule has 7 nitrogen and oxygen atoms in total. The Kier molecular flexibility index (Phi) is 4.30. The average molecular weight is 292 g/mol. The van der Waals surface area contributed by atoms with Gasteiger partial charge in [0.1, 0.15) is 0 Å². The molecule has 2 unspecified atom stereocenters. The van der Waals surface area contributed by atoms with Crippen LogP contribution >= 0.6 is 0 Å². The first-order valence-corrected chi connectivity index (χ1v) is 6.84. The summed E-state index contributed by atoms with van der Waals surface area (Å²) in [5.41, 5.74) is 12.0. The number of esters is 1. The molecule has 21 heavy (non-hydrogen) atoms. The molecule has 1 saturated heterocycles. The van der Waals surface area contributed by atoms with E-state index in [1.54, 1.807) is 6.07 Å². The summed E-state index contributed by atoms with van der Waals surface area (Å²) in [6.45, 7) is 2.49. The van der Waals surface area contributed by atoms with Crippen molar-refractivity contribution in [2.24, 2.45) is 11.7 Å². The van der Waals surface area contributed by atoms with Crippen LogP contribution in [0.1, 0.15) is 30.3 Å². The summed E-state index contributed by atoms with van der Waals surface area (Å²) >= 11 is 0. The van der Waals surface area contributed by atoms with Gasteiger partial charge in [0.05, 0.1) is 18.7 Å². The number of amides is 1. The zero-order valence-corrected chi connectivity index (χ0v) is 12.2. The number of nitrogen functional groups attached to an aromatic ring is 1. The lowest BCUT2D eigenvalue weighted by Crippen LogP contribution is -2.46. The second-order valence-electron chi connectivity index (χ2n) is 5.28. The molecule has 1 aromatic heterocycles. The van der Waals surface area contributed by atoms with E-state index in [2.05, 4.69) is 9.72 Å². The average Bonchev–Trinajstić information content (AvgIpc) is 2.47. The maximum absolute atomic E-state index is 11.6. The van der Waals surface area contributed by atoms with Gasteiger partial charge in [0.2, 0.25) is 5.91 Å². The number of nitrogens with two attached hydrogens (primary N) is 2. The minimum atomic E-state index is -0.521. The van der Waals surface area contributed by atoms with Crippen LogP contribution in [0.2, 0.25) is 0 Å². The van der Waals surface area contributed by atoms with Gasteiger partial charge < -0.3 is 21.1 Å². The second kappa shape index (κ2) is 5.99. The van der Waals surface area contributed by atoms with Crippen molar-refractivity contribution in [3.63, 3.8) is 0 Å². The van der Waals surface area contributed by atoms with Gasteiger partial charge in [-0.3, -0.25) is 4.79 Å². The number of carbonyl (C=O) groups excluding carboxylic acids is 2. The number of anilines is 2. The summed E-state index contributed by atoms with van der Waals surface area (Å²) in [6, 6.07) is 3.31. The Bertz CT molecular complexity index is 561. The third kappa shape index (κ3) is 3.07. The Labute approximate surface area is 123 Å². The molecule has 0 aromatic carbocycles. The van der Waals surface area contributed by atoms with Crippen molar-refractivity contribution in [1.82, 2.24) is 4.98 Å². The number of hydrogen-bond acceptors (Lipinski definition) is 6. The lowest BCUT2D eigenvalue weighted by Gasteiger charge is -2.38. The van der Waals surface area contributed by atoms with Crippen LogP contribution in [0.5, 0.6) is 0 Å². The number of pyridine rings is 1. The van der Waals surface area contributed by atoms with E-state index in [-0.39, 0.29) is 23.6 Å². The van der Waals surface area contributed by atoms with Crippen molar-refractivity contribution < 1.29 is 14.3 Å². The predicted molar refractivity (Wildman–Crippen MR) is 78.7 cm³/mol. The van der Waals surface area contributed by atoms with Crippen molar-refractivity contribution in [3.05, 3.63) is 17.8 Å². The Morgan fingerprint density at radius 1 is 1.38 bits per heavy atom. The lowest BCUT2D eigenvalue weighted by molar-refractivity contribution is -0.122. The van der Waals surface area contributed by atoms with Crippen LogP contribution in [-0.4, -0.2) is 36.6 Å². The Balaban J connectivity index is 2.34. The fourth-order valence-corrected chi connectivity index (χ4v) is 2.54. The fraction of sp³-hybridized carbons (Fsp3) is 0.500. The molecular formula is C14H20N4O3. The van der Waals surface area contributed by atoms with Gasteiger partial charge in [-0.25, -0.2) is 9.78 Å². The molecule has 2 heterocycles. The minimum Gasteiger partial charge on any atom is -0.464 e. The van der Waals surface area contributed by atoms with E-state index in [1.807, 2.05) is 11.8 Å². The van der Waals surface area contributed by atoms with Crippen molar-refractivity contribution in [2.45, 2.75) is 25.8 Å². The van der Waals surface area contributed by atoms with E-state index >= 15 is 0 Å². The highest BCUT2D eigenvalue weighted by atomic mass is 16.5. The number of aromatic nitrogens is 1. The van der Waals surface area contributed by atoms with E-state index < -0.39 is 5.97 Å². The first-order chi connectivity index (χ1) is 9.93. The van der Waals surface area contributed by atoms with Crippen LogP contribution in [0, 0.1) is 5.92 Å². The Morgan fingerprint density at radius 3 is 2.71 bits per heavy atom. The Morgan fingerprint density at radius 2 is 2.10 bits per heavy atom. The molecule has 0 bridgehead atoms. The zero-order valence-electron chi connectivity index (χ0n) is 12.2. The number of rotatable bonds is 3. The SMILES string of the molecule is COC(=O)c1ccc(N)c(N2CC(C(N)=O)CCC2C)n1. The van der Waals surface area contributed by atoms with Gasteiger partial charge >= 0.3 is 5.97 Å². The molecule has 1 amide bonds. The first kappa shape index (κ1) is 15.1. The molecule has 0 radical (unpaired) electrons. The van der Waals surface area contributed by atoms with E-state index in [9.17, 15) is 9.59 Å². The summed E-state index contributed by atoms with van der Waals surface area (Å²) in [5.74, 6) is -0.581. The molecular weight excluding hydrogens is 272 g/mol. The third-order valence-corrected chi connectivity index (χ3v) is 3.86. The molecule has 0 aliphatic carbocycles. The van der Waals surface area contributed by atoms with Gasteiger partial charge in [0.15, 0.2) is 11.5 Å². The van der Waals surface area contributed by atoms with E-state index in [1.165, 1.54) is 13.2 Å². The van der Waals surface area contributed by atoms with Gasteiger partial charge in [-0.2, -0.15) is 0 Å². The van der Waals surface area contributed by atoms with Crippen molar-refractivity contribution in [1.29, 1.82) is 0 Å². The molecule has 114 valence electrons. The second-order valence-corrected chi connectivity index (χ2v) is 5.28. The fourth-order valence-electron chi connectivity index (χ4n) is 2.54. The number of piperidine rings is 1. The predicted octanol–water partition coefficient (Wildman–Crippen LogP) is 0.541. The van der Waals surface area contributed by atoms with Crippen molar-refractivity contribution >= 4 is 23.4 Å². The zero-order chi connectivity index (χ0) is 15.6. The van der Waals surface area contributed by atoms with Crippen LogP contribution in [0.15, 0.2) is 12.1 Å².